The standard InChI is InChI=1S/C20H18N4O4/c1-12-22-20(24-28-12)13-3-5-15(6-4-13)23-16(11-21)14-9-17(25-2)19-18(10-14)26-7-8-27-19/h3-6,9-10,16,23H,7-8H2,1-2H3. The van der Waals surface area contributed by atoms with Crippen molar-refractivity contribution in [1.29, 1.82) is 5.26 Å². The van der Waals surface area contributed by atoms with Gasteiger partial charge in [-0.1, -0.05) is 5.16 Å². The van der Waals surface area contributed by atoms with Crippen molar-refractivity contribution in [1.82, 2.24) is 10.1 Å². The Balaban J connectivity index is 1.57. The molecular weight excluding hydrogens is 360 g/mol. The van der Waals surface area contributed by atoms with E-state index >= 15 is 0 Å². The van der Waals surface area contributed by atoms with E-state index < -0.39 is 6.04 Å². The predicted molar refractivity (Wildman–Crippen MR) is 100 cm³/mol. The number of methoxy groups -OCH3 is 1. The molecule has 0 bridgehead atoms. The molecule has 8 nitrogen and oxygen atoms in total. The van der Waals surface area contributed by atoms with Gasteiger partial charge in [0, 0.05) is 18.2 Å². The molecule has 2 heterocycles. The molecule has 1 aromatic heterocycles. The van der Waals surface area contributed by atoms with Crippen LogP contribution in [0.1, 0.15) is 17.5 Å². The fraction of sp³-hybridized carbons (Fsp3) is 0.250. The Kier molecular flexibility index (Phi) is 4.72. The summed E-state index contributed by atoms with van der Waals surface area (Å²) >= 11 is 0. The third-order valence-electron chi connectivity index (χ3n) is 4.29. The van der Waals surface area contributed by atoms with Gasteiger partial charge >= 0.3 is 0 Å². The van der Waals surface area contributed by atoms with Gasteiger partial charge in [0.15, 0.2) is 11.5 Å². The number of nitrogens with zero attached hydrogens (tertiary/aromatic N) is 3. The zero-order valence-electron chi connectivity index (χ0n) is 15.4. The molecule has 4 rings (SSSR count). The van der Waals surface area contributed by atoms with Crippen molar-refractivity contribution >= 4 is 5.69 Å². The number of nitrogens with one attached hydrogen (secondary N) is 1. The van der Waals surface area contributed by atoms with Crippen molar-refractivity contribution < 1.29 is 18.7 Å². The number of anilines is 1. The summed E-state index contributed by atoms with van der Waals surface area (Å²) in [4.78, 5) is 4.21. The number of fused-ring (bicyclic) bond motifs is 1. The Labute approximate surface area is 161 Å². The van der Waals surface area contributed by atoms with Gasteiger partial charge in [-0.2, -0.15) is 10.2 Å². The lowest BCUT2D eigenvalue weighted by Crippen LogP contribution is -2.17. The van der Waals surface area contributed by atoms with Crippen LogP contribution in [0.4, 0.5) is 5.69 Å². The van der Waals surface area contributed by atoms with Crippen LogP contribution in [0.25, 0.3) is 11.4 Å². The average molecular weight is 378 g/mol. The number of benzene rings is 2. The fourth-order valence-electron chi connectivity index (χ4n) is 2.95. The van der Waals surface area contributed by atoms with Crippen LogP contribution in [-0.4, -0.2) is 30.5 Å². The molecule has 28 heavy (non-hydrogen) atoms. The Morgan fingerprint density at radius 3 is 2.64 bits per heavy atom. The molecule has 0 saturated carbocycles. The number of aryl methyl sites for hydroxylation is 1. The normalized spacial score (nSPS) is 13.5. The van der Waals surface area contributed by atoms with Crippen LogP contribution in [0.5, 0.6) is 17.2 Å². The van der Waals surface area contributed by atoms with E-state index in [9.17, 15) is 5.26 Å². The second kappa shape index (κ2) is 7.48. The van der Waals surface area contributed by atoms with Crippen LogP contribution in [0.15, 0.2) is 40.9 Å². The Bertz CT molecular complexity index is 1010. The molecule has 2 aromatic carbocycles. The number of hydrogen-bond acceptors (Lipinski definition) is 8. The predicted octanol–water partition coefficient (Wildman–Crippen LogP) is 3.50. The van der Waals surface area contributed by atoms with Gasteiger partial charge in [-0.05, 0) is 42.0 Å². The summed E-state index contributed by atoms with van der Waals surface area (Å²) in [6.07, 6.45) is 0. The maximum atomic E-state index is 9.69. The third kappa shape index (κ3) is 3.42. The molecule has 3 aromatic rings. The number of nitriles is 1. The van der Waals surface area contributed by atoms with E-state index in [0.717, 1.165) is 16.8 Å². The Hall–Kier alpha value is -3.73. The lowest BCUT2D eigenvalue weighted by atomic mass is 10.1. The van der Waals surface area contributed by atoms with E-state index in [4.69, 9.17) is 18.7 Å². The Morgan fingerprint density at radius 1 is 1.18 bits per heavy atom. The molecule has 1 aliphatic rings. The van der Waals surface area contributed by atoms with Crippen molar-refractivity contribution in [2.24, 2.45) is 0 Å². The highest BCUT2D eigenvalue weighted by atomic mass is 16.6. The highest BCUT2D eigenvalue weighted by Crippen LogP contribution is 2.42. The van der Waals surface area contributed by atoms with Crippen molar-refractivity contribution in [3.8, 4) is 34.7 Å². The highest BCUT2D eigenvalue weighted by Gasteiger charge is 2.22. The van der Waals surface area contributed by atoms with E-state index in [1.165, 1.54) is 0 Å². The molecule has 0 aliphatic carbocycles. The minimum atomic E-state index is -0.594. The summed E-state index contributed by atoms with van der Waals surface area (Å²) in [7, 11) is 1.56. The zero-order valence-corrected chi connectivity index (χ0v) is 15.4. The van der Waals surface area contributed by atoms with Gasteiger partial charge in [0.1, 0.15) is 19.3 Å². The van der Waals surface area contributed by atoms with Crippen LogP contribution in [-0.2, 0) is 0 Å². The number of aromatic nitrogens is 2. The summed E-state index contributed by atoms with van der Waals surface area (Å²) in [6.45, 7) is 2.67. The van der Waals surface area contributed by atoms with Gasteiger partial charge in [0.2, 0.25) is 17.5 Å². The summed E-state index contributed by atoms with van der Waals surface area (Å²) < 4.78 is 21.7. The second-order valence-electron chi connectivity index (χ2n) is 6.17. The van der Waals surface area contributed by atoms with Crippen LogP contribution >= 0.6 is 0 Å². The first-order chi connectivity index (χ1) is 13.7. The molecule has 1 atom stereocenters. The van der Waals surface area contributed by atoms with Crippen molar-refractivity contribution in [3.05, 3.63) is 47.9 Å². The smallest absolute Gasteiger partial charge is 0.223 e. The second-order valence-corrected chi connectivity index (χ2v) is 6.17. The molecular formula is C20H18N4O4. The van der Waals surface area contributed by atoms with Gasteiger partial charge in [-0.15, -0.1) is 0 Å². The molecule has 0 spiro atoms. The molecule has 0 saturated heterocycles. The van der Waals surface area contributed by atoms with Crippen molar-refractivity contribution in [2.45, 2.75) is 13.0 Å². The summed E-state index contributed by atoms with van der Waals surface area (Å²) in [5.74, 6) is 2.71. The number of ether oxygens (including phenoxy) is 3. The van der Waals surface area contributed by atoms with Gasteiger partial charge in [0.05, 0.1) is 13.2 Å². The molecule has 1 aliphatic heterocycles. The van der Waals surface area contributed by atoms with Crippen LogP contribution in [0.2, 0.25) is 0 Å². The van der Waals surface area contributed by atoms with E-state index in [0.29, 0.717) is 42.2 Å². The largest absolute Gasteiger partial charge is 0.493 e. The van der Waals surface area contributed by atoms with Gasteiger partial charge < -0.3 is 24.1 Å². The van der Waals surface area contributed by atoms with Crippen LogP contribution in [0.3, 0.4) is 0 Å². The lowest BCUT2D eigenvalue weighted by molar-refractivity contribution is 0.165. The monoisotopic (exact) mass is 378 g/mol. The van der Waals surface area contributed by atoms with Crippen molar-refractivity contribution in [2.75, 3.05) is 25.6 Å². The first-order valence-corrected chi connectivity index (χ1v) is 8.72. The first kappa shape index (κ1) is 17.7. The zero-order chi connectivity index (χ0) is 19.5. The van der Waals surface area contributed by atoms with Crippen LogP contribution < -0.4 is 19.5 Å². The van der Waals surface area contributed by atoms with E-state index in [-0.39, 0.29) is 0 Å². The average Bonchev–Trinajstić information content (AvgIpc) is 3.18. The molecule has 0 fully saturated rings. The molecule has 0 amide bonds. The molecule has 1 N–H and O–H groups in total. The minimum absolute atomic E-state index is 0.460. The lowest BCUT2D eigenvalue weighted by Gasteiger charge is -2.23. The van der Waals surface area contributed by atoms with E-state index in [2.05, 4.69) is 21.5 Å². The van der Waals surface area contributed by atoms with Gasteiger partial charge in [0.25, 0.3) is 0 Å². The third-order valence-corrected chi connectivity index (χ3v) is 4.29. The molecule has 0 radical (unpaired) electrons. The van der Waals surface area contributed by atoms with Gasteiger partial charge in [-0.25, -0.2) is 0 Å². The summed E-state index contributed by atoms with van der Waals surface area (Å²) in [5.41, 5.74) is 2.34. The van der Waals surface area contributed by atoms with Crippen molar-refractivity contribution in [3.63, 3.8) is 0 Å². The fourth-order valence-corrected chi connectivity index (χ4v) is 2.95. The summed E-state index contributed by atoms with van der Waals surface area (Å²) in [6, 6.07) is 12.7. The maximum Gasteiger partial charge on any atom is 0.223 e. The van der Waals surface area contributed by atoms with E-state index in [1.807, 2.05) is 24.3 Å². The van der Waals surface area contributed by atoms with E-state index in [1.54, 1.807) is 26.2 Å². The number of hydrogen-bond donors (Lipinski definition) is 1. The molecule has 8 heteroatoms. The quantitative estimate of drug-likeness (QED) is 0.720. The summed E-state index contributed by atoms with van der Waals surface area (Å²) in [5, 5.41) is 16.8. The number of rotatable bonds is 5. The first-order valence-electron chi connectivity index (χ1n) is 8.72. The Morgan fingerprint density at radius 2 is 1.96 bits per heavy atom. The SMILES string of the molecule is COc1cc(C(C#N)Nc2ccc(-c3noc(C)n3)cc2)cc2c1OCCO2. The highest BCUT2D eigenvalue weighted by molar-refractivity contribution is 5.61. The van der Waals surface area contributed by atoms with Crippen LogP contribution in [0, 0.1) is 18.3 Å². The molecule has 1 unspecified atom stereocenters. The maximum absolute atomic E-state index is 9.69. The minimum Gasteiger partial charge on any atom is -0.493 e. The molecule has 142 valence electrons. The van der Waals surface area contributed by atoms with Gasteiger partial charge in [-0.3, -0.25) is 0 Å². The topological polar surface area (TPSA) is 102 Å².